The summed E-state index contributed by atoms with van der Waals surface area (Å²) in [6, 6.07) is 22.6. The number of benzene rings is 3. The molecule has 0 unspecified atom stereocenters. The van der Waals surface area contributed by atoms with Crippen LogP contribution in [0.3, 0.4) is 0 Å². The number of carbonyl (C=O) groups excluding carboxylic acids is 1. The number of methoxy groups -OCH3 is 1. The average Bonchev–Trinajstić information content (AvgIpc) is 3.14. The lowest BCUT2D eigenvalue weighted by Gasteiger charge is -2.13. The quantitative estimate of drug-likeness (QED) is 0.403. The SMILES string of the molecule is COc1cc(/C=C2\C(=O)ON=C2c2ccccc2)cc(Cl)c1OCc1ccccc1. The maximum atomic E-state index is 12.2. The summed E-state index contributed by atoms with van der Waals surface area (Å²) < 4.78 is 11.4. The maximum absolute atomic E-state index is 12.2. The summed E-state index contributed by atoms with van der Waals surface area (Å²) in [6.07, 6.45) is 1.68. The fourth-order valence-corrected chi connectivity index (χ4v) is 3.35. The highest BCUT2D eigenvalue weighted by molar-refractivity contribution is 6.33. The number of halogens is 1. The van der Waals surface area contributed by atoms with Crippen LogP contribution < -0.4 is 9.47 Å². The zero-order valence-electron chi connectivity index (χ0n) is 16.2. The Balaban J connectivity index is 1.64. The normalized spacial score (nSPS) is 14.4. The largest absolute Gasteiger partial charge is 0.493 e. The Morgan fingerprint density at radius 2 is 1.73 bits per heavy atom. The van der Waals surface area contributed by atoms with Gasteiger partial charge in [0.25, 0.3) is 0 Å². The number of ether oxygens (including phenoxy) is 2. The predicted molar refractivity (Wildman–Crippen MR) is 116 cm³/mol. The molecule has 0 saturated carbocycles. The average molecular weight is 420 g/mol. The fourth-order valence-electron chi connectivity index (χ4n) is 3.07. The molecule has 0 atom stereocenters. The van der Waals surface area contributed by atoms with Crippen molar-refractivity contribution in [3.8, 4) is 11.5 Å². The van der Waals surface area contributed by atoms with Gasteiger partial charge in [0.05, 0.1) is 17.7 Å². The molecule has 0 saturated heterocycles. The highest BCUT2D eigenvalue weighted by Crippen LogP contribution is 2.38. The Bertz CT molecular complexity index is 1120. The molecule has 0 N–H and O–H groups in total. The molecule has 0 radical (unpaired) electrons. The fraction of sp³-hybridized carbons (Fsp3) is 0.0833. The van der Waals surface area contributed by atoms with E-state index in [0.29, 0.717) is 40.0 Å². The van der Waals surface area contributed by atoms with Crippen molar-refractivity contribution in [1.29, 1.82) is 0 Å². The van der Waals surface area contributed by atoms with Crippen LogP contribution in [0.25, 0.3) is 6.08 Å². The number of carbonyl (C=O) groups is 1. The third-order valence-corrected chi connectivity index (χ3v) is 4.81. The van der Waals surface area contributed by atoms with Crippen LogP contribution in [0.15, 0.2) is 83.5 Å². The van der Waals surface area contributed by atoms with Gasteiger partial charge >= 0.3 is 5.97 Å². The lowest BCUT2D eigenvalue weighted by atomic mass is 10.0. The predicted octanol–water partition coefficient (Wildman–Crippen LogP) is 5.27. The van der Waals surface area contributed by atoms with Gasteiger partial charge in [-0.3, -0.25) is 0 Å². The molecular formula is C24H18ClNO4. The molecule has 150 valence electrons. The number of hydrogen-bond donors (Lipinski definition) is 0. The third-order valence-electron chi connectivity index (χ3n) is 4.53. The molecule has 0 spiro atoms. The van der Waals surface area contributed by atoms with E-state index >= 15 is 0 Å². The number of nitrogens with zero attached hydrogens (tertiary/aromatic N) is 1. The van der Waals surface area contributed by atoms with E-state index in [2.05, 4.69) is 5.16 Å². The summed E-state index contributed by atoms with van der Waals surface area (Å²) in [5, 5.41) is 4.30. The molecule has 1 aliphatic rings. The van der Waals surface area contributed by atoms with Gasteiger partial charge in [-0.2, -0.15) is 0 Å². The first-order valence-electron chi connectivity index (χ1n) is 9.27. The minimum Gasteiger partial charge on any atom is -0.493 e. The second kappa shape index (κ2) is 8.84. The molecule has 3 aromatic rings. The van der Waals surface area contributed by atoms with Gasteiger partial charge in [0.1, 0.15) is 12.3 Å². The lowest BCUT2D eigenvalue weighted by molar-refractivity contribution is -0.136. The van der Waals surface area contributed by atoms with Gasteiger partial charge in [0.2, 0.25) is 0 Å². The minimum atomic E-state index is -0.520. The molecule has 0 amide bonds. The van der Waals surface area contributed by atoms with E-state index in [1.54, 1.807) is 25.3 Å². The first-order chi connectivity index (χ1) is 14.7. The van der Waals surface area contributed by atoms with Crippen LogP contribution >= 0.6 is 11.6 Å². The van der Waals surface area contributed by atoms with E-state index < -0.39 is 5.97 Å². The van der Waals surface area contributed by atoms with E-state index in [9.17, 15) is 4.79 Å². The molecule has 3 aromatic carbocycles. The third kappa shape index (κ3) is 4.21. The van der Waals surface area contributed by atoms with Crippen molar-refractivity contribution < 1.29 is 19.1 Å². The molecule has 1 aliphatic heterocycles. The summed E-state index contributed by atoms with van der Waals surface area (Å²) in [5.74, 6) is 0.388. The van der Waals surface area contributed by atoms with Gasteiger partial charge in [-0.1, -0.05) is 77.4 Å². The van der Waals surface area contributed by atoms with E-state index in [1.807, 2.05) is 60.7 Å². The van der Waals surface area contributed by atoms with Crippen molar-refractivity contribution in [1.82, 2.24) is 0 Å². The molecule has 5 nitrogen and oxygen atoms in total. The first kappa shape index (κ1) is 19.7. The molecule has 6 heteroatoms. The summed E-state index contributed by atoms with van der Waals surface area (Å²) >= 11 is 6.47. The maximum Gasteiger partial charge on any atom is 0.368 e. The Morgan fingerprint density at radius 1 is 1.03 bits per heavy atom. The van der Waals surface area contributed by atoms with Crippen molar-refractivity contribution in [3.05, 3.63) is 100 Å². The van der Waals surface area contributed by atoms with Crippen molar-refractivity contribution in [3.63, 3.8) is 0 Å². The van der Waals surface area contributed by atoms with E-state index in [4.69, 9.17) is 25.9 Å². The van der Waals surface area contributed by atoms with Crippen molar-refractivity contribution in [2.45, 2.75) is 6.61 Å². The Hall–Kier alpha value is -3.57. The number of hydrogen-bond acceptors (Lipinski definition) is 5. The second-order valence-corrected chi connectivity index (χ2v) is 6.96. The van der Waals surface area contributed by atoms with Crippen LogP contribution in [0, 0.1) is 0 Å². The van der Waals surface area contributed by atoms with Crippen LogP contribution in [-0.2, 0) is 16.2 Å². The van der Waals surface area contributed by atoms with Crippen molar-refractivity contribution in [2.24, 2.45) is 5.16 Å². The van der Waals surface area contributed by atoms with Gasteiger partial charge in [0, 0.05) is 5.56 Å². The molecule has 1 heterocycles. The Morgan fingerprint density at radius 3 is 2.43 bits per heavy atom. The van der Waals surface area contributed by atoms with Gasteiger partial charge in [-0.05, 0) is 29.3 Å². The molecule has 30 heavy (non-hydrogen) atoms. The smallest absolute Gasteiger partial charge is 0.368 e. The minimum absolute atomic E-state index is 0.345. The summed E-state index contributed by atoms with van der Waals surface area (Å²) in [6.45, 7) is 0.356. The van der Waals surface area contributed by atoms with E-state index in [1.165, 1.54) is 0 Å². The van der Waals surface area contributed by atoms with Gasteiger partial charge < -0.3 is 14.3 Å². The van der Waals surface area contributed by atoms with Crippen molar-refractivity contribution >= 4 is 29.4 Å². The van der Waals surface area contributed by atoms with Gasteiger partial charge in [-0.25, -0.2) is 4.79 Å². The monoisotopic (exact) mass is 419 g/mol. The van der Waals surface area contributed by atoms with Crippen LogP contribution in [-0.4, -0.2) is 18.8 Å². The van der Waals surface area contributed by atoms with E-state index in [0.717, 1.165) is 11.1 Å². The number of oxime groups is 1. The van der Waals surface area contributed by atoms with Gasteiger partial charge in [0.15, 0.2) is 11.5 Å². The number of rotatable bonds is 6. The van der Waals surface area contributed by atoms with Crippen LogP contribution in [0.5, 0.6) is 11.5 Å². The second-order valence-electron chi connectivity index (χ2n) is 6.55. The first-order valence-corrected chi connectivity index (χ1v) is 9.64. The molecular weight excluding hydrogens is 402 g/mol. The summed E-state index contributed by atoms with van der Waals surface area (Å²) in [7, 11) is 1.54. The molecule has 4 rings (SSSR count). The van der Waals surface area contributed by atoms with Crippen LogP contribution in [0.1, 0.15) is 16.7 Å². The topological polar surface area (TPSA) is 57.1 Å². The van der Waals surface area contributed by atoms with Crippen molar-refractivity contribution in [2.75, 3.05) is 7.11 Å². The molecule has 0 aromatic heterocycles. The lowest BCUT2D eigenvalue weighted by Crippen LogP contribution is -2.06. The van der Waals surface area contributed by atoms with E-state index in [-0.39, 0.29) is 0 Å². The van der Waals surface area contributed by atoms with Gasteiger partial charge in [-0.15, -0.1) is 0 Å². The zero-order valence-corrected chi connectivity index (χ0v) is 16.9. The highest BCUT2D eigenvalue weighted by atomic mass is 35.5. The highest BCUT2D eigenvalue weighted by Gasteiger charge is 2.27. The standard InChI is InChI=1S/C24H18ClNO4/c1-28-21-14-17(13-20(25)23(21)29-15-16-8-4-2-5-9-16)12-19-22(26-30-24(19)27)18-10-6-3-7-11-18/h2-14H,15H2,1H3/b19-12-. The molecule has 0 aliphatic carbocycles. The molecule has 0 bridgehead atoms. The molecule has 0 fully saturated rings. The van der Waals surface area contributed by atoms with Crippen LogP contribution in [0.4, 0.5) is 0 Å². The summed E-state index contributed by atoms with van der Waals surface area (Å²) in [5.41, 5.74) is 3.29. The zero-order chi connectivity index (χ0) is 20.9. The Labute approximate surface area is 179 Å². The summed E-state index contributed by atoms with van der Waals surface area (Å²) in [4.78, 5) is 17.1. The Kier molecular flexibility index (Phi) is 5.82. The van der Waals surface area contributed by atoms with Crippen LogP contribution in [0.2, 0.25) is 5.02 Å².